The summed E-state index contributed by atoms with van der Waals surface area (Å²) in [6, 6.07) is 10.8. The molecule has 0 bridgehead atoms. The zero-order chi connectivity index (χ0) is 15.4. The lowest BCUT2D eigenvalue weighted by Gasteiger charge is -2.45. The minimum absolute atomic E-state index is 0.230. The second kappa shape index (κ2) is 7.14. The first-order valence-electron chi connectivity index (χ1n) is 8.42. The summed E-state index contributed by atoms with van der Waals surface area (Å²) in [5.41, 5.74) is 1.02. The number of nitrogens with one attached hydrogen (secondary N) is 1. The van der Waals surface area contributed by atoms with Gasteiger partial charge in [0.1, 0.15) is 6.61 Å². The van der Waals surface area contributed by atoms with Crippen molar-refractivity contribution in [2.75, 3.05) is 13.1 Å². The van der Waals surface area contributed by atoms with Crippen molar-refractivity contribution in [1.29, 1.82) is 0 Å². The lowest BCUT2D eigenvalue weighted by atomic mass is 9.80. The summed E-state index contributed by atoms with van der Waals surface area (Å²) >= 11 is 0. The molecule has 0 radical (unpaired) electrons. The summed E-state index contributed by atoms with van der Waals surface area (Å²) < 4.78 is 5.32. The second-order valence-corrected chi connectivity index (χ2v) is 6.77. The van der Waals surface area contributed by atoms with E-state index in [0.717, 1.165) is 36.9 Å². The zero-order valence-corrected chi connectivity index (χ0v) is 13.3. The molecule has 4 heteroatoms. The van der Waals surface area contributed by atoms with E-state index in [9.17, 15) is 4.79 Å². The van der Waals surface area contributed by atoms with Crippen molar-refractivity contribution in [2.24, 2.45) is 5.92 Å². The first-order chi connectivity index (χ1) is 10.7. The molecule has 4 nitrogen and oxygen atoms in total. The van der Waals surface area contributed by atoms with E-state index in [1.807, 2.05) is 30.3 Å². The number of nitrogens with zero attached hydrogens (tertiary/aromatic N) is 1. The zero-order valence-electron chi connectivity index (χ0n) is 13.3. The van der Waals surface area contributed by atoms with Gasteiger partial charge in [-0.1, -0.05) is 37.3 Å². The number of rotatable bonds is 4. The number of amides is 1. The first kappa shape index (κ1) is 15.3. The van der Waals surface area contributed by atoms with E-state index in [2.05, 4.69) is 17.1 Å². The highest BCUT2D eigenvalue weighted by atomic mass is 16.5. The lowest BCUT2D eigenvalue weighted by Crippen LogP contribution is -2.54. The predicted octanol–water partition coefficient (Wildman–Crippen LogP) is 3.18. The van der Waals surface area contributed by atoms with E-state index < -0.39 is 0 Å². The minimum Gasteiger partial charge on any atom is -0.445 e. The van der Waals surface area contributed by atoms with Gasteiger partial charge in [0.05, 0.1) is 0 Å². The van der Waals surface area contributed by atoms with Crippen molar-refractivity contribution in [2.45, 2.75) is 51.3 Å². The van der Waals surface area contributed by atoms with Gasteiger partial charge in [0.15, 0.2) is 0 Å². The number of ether oxygens (including phenoxy) is 1. The van der Waals surface area contributed by atoms with Crippen molar-refractivity contribution in [3.8, 4) is 0 Å². The molecule has 1 aliphatic heterocycles. The van der Waals surface area contributed by atoms with Crippen LogP contribution in [0.25, 0.3) is 0 Å². The normalized spacial score (nSPS) is 28.7. The number of carbonyl (C=O) groups is 1. The van der Waals surface area contributed by atoms with Gasteiger partial charge < -0.3 is 10.1 Å². The maximum atomic E-state index is 11.9. The molecule has 1 unspecified atom stereocenters. The molecule has 1 aromatic rings. The first-order valence-corrected chi connectivity index (χ1v) is 8.42. The van der Waals surface area contributed by atoms with Gasteiger partial charge in [-0.2, -0.15) is 0 Å². The molecule has 120 valence electrons. The number of likely N-dealkylation sites (tertiary alicyclic amines) is 1. The summed E-state index contributed by atoms with van der Waals surface area (Å²) in [7, 11) is 0. The molecule has 1 amide bonds. The van der Waals surface area contributed by atoms with Gasteiger partial charge in [0.25, 0.3) is 0 Å². The van der Waals surface area contributed by atoms with Gasteiger partial charge in [-0.05, 0) is 43.7 Å². The molecule has 1 aliphatic carbocycles. The molecule has 0 spiro atoms. The molecule has 1 atom stereocenters. The molecule has 1 heterocycles. The summed E-state index contributed by atoms with van der Waals surface area (Å²) in [6.45, 7) is 4.80. The Kier molecular flexibility index (Phi) is 4.98. The van der Waals surface area contributed by atoms with Crippen molar-refractivity contribution in [1.82, 2.24) is 10.2 Å². The summed E-state index contributed by atoms with van der Waals surface area (Å²) in [4.78, 5) is 14.5. The Labute approximate surface area is 132 Å². The van der Waals surface area contributed by atoms with Gasteiger partial charge in [-0.15, -0.1) is 0 Å². The van der Waals surface area contributed by atoms with E-state index in [1.54, 1.807) is 0 Å². The number of hydrogen-bond acceptors (Lipinski definition) is 3. The SMILES string of the molecule is CC1CC(N2CCCC(NC(=O)OCc3ccccc3)C2)C1. The third kappa shape index (κ3) is 4.01. The Balaban J connectivity index is 1.41. The number of benzene rings is 1. The van der Waals surface area contributed by atoms with E-state index in [-0.39, 0.29) is 12.1 Å². The second-order valence-electron chi connectivity index (χ2n) is 6.77. The van der Waals surface area contributed by atoms with Gasteiger partial charge in [0, 0.05) is 18.6 Å². The Morgan fingerprint density at radius 2 is 2.09 bits per heavy atom. The van der Waals surface area contributed by atoms with Crippen molar-refractivity contribution in [3.63, 3.8) is 0 Å². The largest absolute Gasteiger partial charge is 0.445 e. The number of hydrogen-bond donors (Lipinski definition) is 1. The molecular formula is C18H26N2O2. The molecule has 2 fully saturated rings. The van der Waals surface area contributed by atoms with Crippen molar-refractivity contribution < 1.29 is 9.53 Å². The Morgan fingerprint density at radius 3 is 2.82 bits per heavy atom. The van der Waals surface area contributed by atoms with Crippen LogP contribution in [0.5, 0.6) is 0 Å². The van der Waals surface area contributed by atoms with Crippen LogP contribution in [0.3, 0.4) is 0 Å². The molecule has 0 aromatic heterocycles. The highest BCUT2D eigenvalue weighted by molar-refractivity contribution is 5.67. The quantitative estimate of drug-likeness (QED) is 0.929. The van der Waals surface area contributed by atoms with Crippen molar-refractivity contribution in [3.05, 3.63) is 35.9 Å². The lowest BCUT2D eigenvalue weighted by molar-refractivity contribution is 0.0540. The van der Waals surface area contributed by atoms with Crippen LogP contribution in [-0.2, 0) is 11.3 Å². The average molecular weight is 302 g/mol. The van der Waals surface area contributed by atoms with Crippen LogP contribution in [0.1, 0.15) is 38.2 Å². The highest BCUT2D eigenvalue weighted by Gasteiger charge is 2.33. The summed E-state index contributed by atoms with van der Waals surface area (Å²) in [5.74, 6) is 0.870. The summed E-state index contributed by atoms with van der Waals surface area (Å²) in [6.07, 6.45) is 4.54. The summed E-state index contributed by atoms with van der Waals surface area (Å²) in [5, 5.41) is 3.03. The van der Waals surface area contributed by atoms with E-state index in [1.165, 1.54) is 19.4 Å². The molecular weight excluding hydrogens is 276 g/mol. The Hall–Kier alpha value is -1.55. The van der Waals surface area contributed by atoms with E-state index >= 15 is 0 Å². The van der Waals surface area contributed by atoms with Crippen molar-refractivity contribution >= 4 is 6.09 Å². The topological polar surface area (TPSA) is 41.6 Å². The van der Waals surface area contributed by atoms with Crippen LogP contribution in [0.4, 0.5) is 4.79 Å². The van der Waals surface area contributed by atoms with Crippen LogP contribution < -0.4 is 5.32 Å². The fourth-order valence-electron chi connectivity index (χ4n) is 3.55. The highest BCUT2D eigenvalue weighted by Crippen LogP contribution is 2.32. The number of carbonyl (C=O) groups excluding carboxylic acids is 1. The maximum Gasteiger partial charge on any atom is 0.407 e. The van der Waals surface area contributed by atoms with Crippen LogP contribution in [0.15, 0.2) is 30.3 Å². The van der Waals surface area contributed by atoms with E-state index in [4.69, 9.17) is 4.74 Å². The maximum absolute atomic E-state index is 11.9. The Bertz CT molecular complexity index is 485. The van der Waals surface area contributed by atoms with Crippen LogP contribution in [0, 0.1) is 5.92 Å². The average Bonchev–Trinajstić information content (AvgIpc) is 2.51. The van der Waals surface area contributed by atoms with Gasteiger partial charge in [0.2, 0.25) is 0 Å². The monoisotopic (exact) mass is 302 g/mol. The fourth-order valence-corrected chi connectivity index (χ4v) is 3.55. The van der Waals surface area contributed by atoms with Gasteiger partial charge >= 0.3 is 6.09 Å². The van der Waals surface area contributed by atoms with E-state index in [0.29, 0.717) is 6.61 Å². The molecule has 22 heavy (non-hydrogen) atoms. The van der Waals surface area contributed by atoms with Crippen LogP contribution >= 0.6 is 0 Å². The Morgan fingerprint density at radius 1 is 1.32 bits per heavy atom. The fraction of sp³-hybridized carbons (Fsp3) is 0.611. The molecule has 2 aliphatic rings. The third-order valence-corrected chi connectivity index (χ3v) is 4.85. The molecule has 1 N–H and O–H groups in total. The predicted molar refractivity (Wildman–Crippen MR) is 86.5 cm³/mol. The minimum atomic E-state index is -0.294. The third-order valence-electron chi connectivity index (χ3n) is 4.85. The molecule has 1 saturated heterocycles. The smallest absolute Gasteiger partial charge is 0.407 e. The number of piperidine rings is 1. The van der Waals surface area contributed by atoms with Gasteiger partial charge in [-0.3, -0.25) is 4.90 Å². The van der Waals surface area contributed by atoms with Crippen LogP contribution in [-0.4, -0.2) is 36.2 Å². The molecule has 1 aromatic carbocycles. The van der Waals surface area contributed by atoms with Gasteiger partial charge in [-0.25, -0.2) is 4.79 Å². The molecule has 1 saturated carbocycles. The standard InChI is InChI=1S/C18H26N2O2/c1-14-10-17(11-14)20-9-5-8-16(12-20)19-18(21)22-13-15-6-3-2-4-7-15/h2-4,6-7,14,16-17H,5,8-13H2,1H3,(H,19,21). The molecule has 3 rings (SSSR count). The number of alkyl carbamates (subject to hydrolysis) is 1. The van der Waals surface area contributed by atoms with Crippen LogP contribution in [0.2, 0.25) is 0 Å².